The van der Waals surface area contributed by atoms with E-state index < -0.39 is 0 Å². The Hall–Kier alpha value is -2.99. The molecule has 0 fully saturated rings. The molecule has 0 atom stereocenters. The lowest BCUT2D eigenvalue weighted by Crippen LogP contribution is -2.07. The minimum atomic E-state index is -0.258. The number of benzene rings is 2. The molecule has 138 valence electrons. The van der Waals surface area contributed by atoms with Crippen LogP contribution in [0.4, 0.5) is 0 Å². The first-order chi connectivity index (χ1) is 12.6. The number of carbonyl (C=O) groups excluding carboxylic acids is 1. The minimum absolute atomic E-state index is 0.00119. The Morgan fingerprint density at radius 1 is 0.885 bits per heavy atom. The molecule has 0 aliphatic heterocycles. The summed E-state index contributed by atoms with van der Waals surface area (Å²) in [6, 6.07) is 10.6. The third-order valence-corrected chi connectivity index (χ3v) is 3.62. The highest BCUT2D eigenvalue weighted by atomic mass is 16.7. The van der Waals surface area contributed by atoms with E-state index in [0.717, 1.165) is 11.3 Å². The van der Waals surface area contributed by atoms with E-state index in [4.69, 9.17) is 23.7 Å². The summed E-state index contributed by atoms with van der Waals surface area (Å²) in [5, 5.41) is 0. The first-order valence-electron chi connectivity index (χ1n) is 7.87. The summed E-state index contributed by atoms with van der Waals surface area (Å²) in [5.74, 6) is 1.70. The Balaban J connectivity index is 2.34. The van der Waals surface area contributed by atoms with Gasteiger partial charge in [-0.05, 0) is 23.8 Å². The fraction of sp³-hybridized carbons (Fsp3) is 0.250. The highest BCUT2D eigenvalue weighted by Gasteiger charge is 2.19. The van der Waals surface area contributed by atoms with Gasteiger partial charge >= 0.3 is 0 Å². The number of carbonyl (C=O) groups is 1. The molecule has 0 bridgehead atoms. The lowest BCUT2D eigenvalue weighted by atomic mass is 10.1. The van der Waals surface area contributed by atoms with Gasteiger partial charge in [-0.1, -0.05) is 18.2 Å². The van der Waals surface area contributed by atoms with E-state index in [1.165, 1.54) is 27.4 Å². The molecule has 0 amide bonds. The van der Waals surface area contributed by atoms with Crippen molar-refractivity contribution in [3.8, 4) is 23.0 Å². The van der Waals surface area contributed by atoms with Gasteiger partial charge in [-0.15, -0.1) is 0 Å². The van der Waals surface area contributed by atoms with Crippen molar-refractivity contribution in [2.24, 2.45) is 0 Å². The highest BCUT2D eigenvalue weighted by molar-refractivity contribution is 6.10. The van der Waals surface area contributed by atoms with Crippen molar-refractivity contribution in [1.82, 2.24) is 0 Å². The normalized spacial score (nSPS) is 10.6. The molecule has 2 rings (SSSR count). The standard InChI is InChI=1S/C20H22O6/c1-22-13-26-19-12-16(24-3)11-18(25-4)20(19)17(21)10-7-14-5-8-15(23-2)9-6-14/h5-12H,13H2,1-4H3/b10-7+. The molecule has 0 unspecified atom stereocenters. The van der Waals surface area contributed by atoms with Crippen LogP contribution in [0.5, 0.6) is 23.0 Å². The summed E-state index contributed by atoms with van der Waals surface area (Å²) in [6.45, 7) is -0.00119. The average molecular weight is 358 g/mol. The first kappa shape index (κ1) is 19.3. The SMILES string of the molecule is COCOc1cc(OC)cc(OC)c1C(=O)/C=C/c1ccc(OC)cc1. The molecule has 26 heavy (non-hydrogen) atoms. The van der Waals surface area contributed by atoms with E-state index in [1.807, 2.05) is 24.3 Å². The van der Waals surface area contributed by atoms with Crippen LogP contribution in [0.15, 0.2) is 42.5 Å². The van der Waals surface area contributed by atoms with Crippen LogP contribution in [0.25, 0.3) is 6.08 Å². The second-order valence-electron chi connectivity index (χ2n) is 5.22. The number of rotatable bonds is 9. The lowest BCUT2D eigenvalue weighted by molar-refractivity contribution is 0.0500. The molecular weight excluding hydrogens is 336 g/mol. The van der Waals surface area contributed by atoms with Gasteiger partial charge in [0.1, 0.15) is 28.6 Å². The van der Waals surface area contributed by atoms with Crippen LogP contribution in [0.2, 0.25) is 0 Å². The topological polar surface area (TPSA) is 63.2 Å². The molecule has 0 aromatic heterocycles. The van der Waals surface area contributed by atoms with Crippen molar-refractivity contribution < 1.29 is 28.5 Å². The van der Waals surface area contributed by atoms with Gasteiger partial charge in [-0.3, -0.25) is 4.79 Å². The molecule has 2 aromatic carbocycles. The largest absolute Gasteiger partial charge is 0.497 e. The summed E-state index contributed by atoms with van der Waals surface area (Å²) >= 11 is 0. The van der Waals surface area contributed by atoms with E-state index in [1.54, 1.807) is 25.3 Å². The zero-order chi connectivity index (χ0) is 18.9. The summed E-state index contributed by atoms with van der Waals surface area (Å²) < 4.78 is 26.1. The molecule has 0 aliphatic carbocycles. The number of hydrogen-bond donors (Lipinski definition) is 0. The van der Waals surface area contributed by atoms with Crippen LogP contribution in [0, 0.1) is 0 Å². The van der Waals surface area contributed by atoms with Crippen LogP contribution >= 0.6 is 0 Å². The maximum Gasteiger partial charge on any atom is 0.193 e. The predicted octanol–water partition coefficient (Wildman–Crippen LogP) is 3.59. The second kappa shape index (κ2) is 9.48. The molecule has 2 aromatic rings. The number of methoxy groups -OCH3 is 4. The molecule has 6 heteroatoms. The third-order valence-electron chi connectivity index (χ3n) is 3.62. The van der Waals surface area contributed by atoms with Crippen molar-refractivity contribution in [1.29, 1.82) is 0 Å². The minimum Gasteiger partial charge on any atom is -0.497 e. The zero-order valence-electron chi connectivity index (χ0n) is 15.3. The van der Waals surface area contributed by atoms with Crippen LogP contribution in [0.1, 0.15) is 15.9 Å². The van der Waals surface area contributed by atoms with Crippen LogP contribution < -0.4 is 18.9 Å². The fourth-order valence-corrected chi connectivity index (χ4v) is 2.29. The van der Waals surface area contributed by atoms with Crippen molar-refractivity contribution in [2.75, 3.05) is 35.2 Å². The van der Waals surface area contributed by atoms with Gasteiger partial charge in [-0.2, -0.15) is 0 Å². The molecule has 0 saturated carbocycles. The smallest absolute Gasteiger partial charge is 0.193 e. The average Bonchev–Trinajstić information content (AvgIpc) is 2.69. The Labute approximate surface area is 152 Å². The Morgan fingerprint density at radius 2 is 1.54 bits per heavy atom. The molecule has 0 spiro atoms. The number of allylic oxidation sites excluding steroid dienone is 1. The summed E-state index contributed by atoms with van der Waals surface area (Å²) in [4.78, 5) is 12.8. The fourth-order valence-electron chi connectivity index (χ4n) is 2.29. The first-order valence-corrected chi connectivity index (χ1v) is 7.87. The van der Waals surface area contributed by atoms with Crippen LogP contribution in [0.3, 0.4) is 0 Å². The van der Waals surface area contributed by atoms with E-state index in [0.29, 0.717) is 22.8 Å². The number of ketones is 1. The third kappa shape index (κ3) is 4.77. The van der Waals surface area contributed by atoms with Gasteiger partial charge in [0, 0.05) is 19.2 Å². The molecule has 0 radical (unpaired) electrons. The molecule has 0 N–H and O–H groups in total. The van der Waals surface area contributed by atoms with E-state index in [-0.39, 0.29) is 12.6 Å². The Kier molecular flexibility index (Phi) is 7.05. The van der Waals surface area contributed by atoms with Crippen molar-refractivity contribution >= 4 is 11.9 Å². The molecule has 6 nitrogen and oxygen atoms in total. The van der Waals surface area contributed by atoms with Crippen LogP contribution in [-0.2, 0) is 4.74 Å². The number of hydrogen-bond acceptors (Lipinski definition) is 6. The summed E-state index contributed by atoms with van der Waals surface area (Å²) in [5.41, 5.74) is 1.17. The quantitative estimate of drug-likeness (QED) is 0.388. The van der Waals surface area contributed by atoms with Crippen LogP contribution in [-0.4, -0.2) is 41.0 Å². The van der Waals surface area contributed by atoms with Gasteiger partial charge in [0.2, 0.25) is 0 Å². The van der Waals surface area contributed by atoms with Gasteiger partial charge in [0.05, 0.1) is 21.3 Å². The molecule has 0 aliphatic rings. The molecule has 0 saturated heterocycles. The van der Waals surface area contributed by atoms with E-state index >= 15 is 0 Å². The molecular formula is C20H22O6. The monoisotopic (exact) mass is 358 g/mol. The number of ether oxygens (including phenoxy) is 5. The highest BCUT2D eigenvalue weighted by Crippen LogP contribution is 2.35. The Bertz CT molecular complexity index is 765. The van der Waals surface area contributed by atoms with Gasteiger partial charge in [0.25, 0.3) is 0 Å². The van der Waals surface area contributed by atoms with Crippen molar-refractivity contribution in [3.05, 3.63) is 53.6 Å². The van der Waals surface area contributed by atoms with Crippen molar-refractivity contribution in [3.63, 3.8) is 0 Å². The van der Waals surface area contributed by atoms with Crippen molar-refractivity contribution in [2.45, 2.75) is 0 Å². The van der Waals surface area contributed by atoms with Gasteiger partial charge in [-0.25, -0.2) is 0 Å². The van der Waals surface area contributed by atoms with Gasteiger partial charge < -0.3 is 23.7 Å². The Morgan fingerprint density at radius 3 is 2.12 bits per heavy atom. The summed E-state index contributed by atoms with van der Waals surface area (Å²) in [7, 11) is 6.12. The summed E-state index contributed by atoms with van der Waals surface area (Å²) in [6.07, 6.45) is 3.18. The van der Waals surface area contributed by atoms with Gasteiger partial charge in [0.15, 0.2) is 12.6 Å². The zero-order valence-corrected chi connectivity index (χ0v) is 15.3. The lowest BCUT2D eigenvalue weighted by Gasteiger charge is -2.14. The van der Waals surface area contributed by atoms with E-state index in [9.17, 15) is 4.79 Å². The maximum absolute atomic E-state index is 12.8. The second-order valence-corrected chi connectivity index (χ2v) is 5.22. The van der Waals surface area contributed by atoms with E-state index in [2.05, 4.69) is 0 Å². The maximum atomic E-state index is 12.8. The predicted molar refractivity (Wildman–Crippen MR) is 98.4 cm³/mol. The molecule has 0 heterocycles.